The Morgan fingerprint density at radius 1 is 0.938 bits per heavy atom. The predicted octanol–water partition coefficient (Wildman–Crippen LogP) is 3.81. The fourth-order valence-electron chi connectivity index (χ4n) is 3.27. The van der Waals surface area contributed by atoms with Gasteiger partial charge in [-0.3, -0.25) is 9.59 Å². The van der Waals surface area contributed by atoms with Gasteiger partial charge in [0.2, 0.25) is 15.9 Å². The molecule has 2 aromatic rings. The molecule has 0 saturated heterocycles. The van der Waals surface area contributed by atoms with Crippen LogP contribution in [0.1, 0.15) is 50.0 Å². The second-order valence-corrected chi connectivity index (χ2v) is 9.87. The van der Waals surface area contributed by atoms with Gasteiger partial charge in [-0.25, -0.2) is 8.42 Å². The Labute approximate surface area is 191 Å². The Morgan fingerprint density at radius 3 is 2.00 bits per heavy atom. The molecule has 0 fully saturated rings. The highest BCUT2D eigenvalue weighted by Gasteiger charge is 2.26. The molecule has 0 aromatic heterocycles. The molecule has 0 unspecified atom stereocenters. The molecule has 2 aromatic carbocycles. The molecule has 0 radical (unpaired) electrons. The summed E-state index contributed by atoms with van der Waals surface area (Å²) >= 11 is 0. The largest absolute Gasteiger partial charge is 0.339 e. The highest BCUT2D eigenvalue weighted by Crippen LogP contribution is 2.16. The van der Waals surface area contributed by atoms with Gasteiger partial charge in [0.1, 0.15) is 6.04 Å². The van der Waals surface area contributed by atoms with E-state index in [1.807, 2.05) is 34.6 Å². The molecule has 0 saturated carbocycles. The van der Waals surface area contributed by atoms with Crippen molar-refractivity contribution in [3.8, 4) is 0 Å². The standard InChI is InChI=1S/C24H33N3O4S/c1-6-27(7-2)24(29)19-10-12-20(13-11-19)25-23(28)22(16-17(3)4)26-32(30,31)21-14-8-18(5)9-15-21/h8-15,17,22,26H,6-7,16H2,1-5H3,(H,25,28)/t22-/m1/s1. The quantitative estimate of drug-likeness (QED) is 0.565. The molecule has 32 heavy (non-hydrogen) atoms. The van der Waals surface area contributed by atoms with Crippen LogP contribution >= 0.6 is 0 Å². The normalized spacial score (nSPS) is 12.4. The first-order valence-electron chi connectivity index (χ1n) is 10.9. The number of amides is 2. The Morgan fingerprint density at radius 2 is 1.50 bits per heavy atom. The van der Waals surface area contributed by atoms with Gasteiger partial charge >= 0.3 is 0 Å². The van der Waals surface area contributed by atoms with Crippen molar-refractivity contribution in [3.63, 3.8) is 0 Å². The minimum absolute atomic E-state index is 0.0728. The van der Waals surface area contributed by atoms with Gasteiger partial charge < -0.3 is 10.2 Å². The van der Waals surface area contributed by atoms with Crippen LogP contribution in [0, 0.1) is 12.8 Å². The van der Waals surface area contributed by atoms with Gasteiger partial charge in [0.05, 0.1) is 4.90 Å². The number of rotatable bonds is 10. The summed E-state index contributed by atoms with van der Waals surface area (Å²) in [6, 6.07) is 12.2. The summed E-state index contributed by atoms with van der Waals surface area (Å²) in [5.74, 6) is -0.422. The Balaban J connectivity index is 2.16. The number of benzene rings is 2. The summed E-state index contributed by atoms with van der Waals surface area (Å²) in [6.45, 7) is 10.8. The molecule has 0 spiro atoms. The van der Waals surface area contributed by atoms with E-state index in [1.54, 1.807) is 41.3 Å². The number of carbonyl (C=O) groups is 2. The van der Waals surface area contributed by atoms with Crippen molar-refractivity contribution >= 4 is 27.5 Å². The second kappa shape index (κ2) is 11.2. The lowest BCUT2D eigenvalue weighted by molar-refractivity contribution is -0.118. The van der Waals surface area contributed by atoms with Crippen molar-refractivity contribution in [1.29, 1.82) is 0 Å². The second-order valence-electron chi connectivity index (χ2n) is 8.16. The zero-order valence-corrected chi connectivity index (χ0v) is 20.2. The van der Waals surface area contributed by atoms with Gasteiger partial charge in [-0.1, -0.05) is 31.5 Å². The lowest BCUT2D eigenvalue weighted by Gasteiger charge is -2.21. The monoisotopic (exact) mass is 459 g/mol. The van der Waals surface area contributed by atoms with Gasteiger partial charge in [0, 0.05) is 24.3 Å². The molecule has 2 rings (SSSR count). The third kappa shape index (κ3) is 6.90. The van der Waals surface area contributed by atoms with Crippen LogP contribution < -0.4 is 10.0 Å². The van der Waals surface area contributed by atoms with E-state index >= 15 is 0 Å². The summed E-state index contributed by atoms with van der Waals surface area (Å²) in [4.78, 5) is 27.2. The van der Waals surface area contributed by atoms with Gasteiger partial charge in [0.25, 0.3) is 5.91 Å². The van der Waals surface area contributed by atoms with Gasteiger partial charge in [-0.05, 0) is 69.5 Å². The molecular weight excluding hydrogens is 426 g/mol. The van der Waals surface area contributed by atoms with E-state index in [2.05, 4.69) is 10.0 Å². The van der Waals surface area contributed by atoms with Crippen molar-refractivity contribution in [3.05, 3.63) is 59.7 Å². The average Bonchev–Trinajstić information content (AvgIpc) is 2.74. The lowest BCUT2D eigenvalue weighted by Crippen LogP contribution is -2.44. The van der Waals surface area contributed by atoms with Crippen LogP contribution in [0.2, 0.25) is 0 Å². The number of hydrogen-bond acceptors (Lipinski definition) is 4. The fourth-order valence-corrected chi connectivity index (χ4v) is 4.48. The van der Waals surface area contributed by atoms with E-state index in [0.29, 0.717) is 30.8 Å². The molecule has 2 amide bonds. The third-order valence-electron chi connectivity index (χ3n) is 5.10. The van der Waals surface area contributed by atoms with Crippen LogP contribution in [0.25, 0.3) is 0 Å². The van der Waals surface area contributed by atoms with Crippen molar-refractivity contribution in [2.75, 3.05) is 18.4 Å². The first-order chi connectivity index (χ1) is 15.1. The van der Waals surface area contributed by atoms with Crippen molar-refractivity contribution in [2.45, 2.75) is 52.0 Å². The minimum Gasteiger partial charge on any atom is -0.339 e. The van der Waals surface area contributed by atoms with Crippen molar-refractivity contribution < 1.29 is 18.0 Å². The van der Waals surface area contributed by atoms with Crippen LogP contribution in [-0.4, -0.2) is 44.3 Å². The maximum Gasteiger partial charge on any atom is 0.253 e. The highest BCUT2D eigenvalue weighted by molar-refractivity contribution is 7.89. The molecule has 0 aliphatic rings. The number of sulfonamides is 1. The molecule has 8 heteroatoms. The lowest BCUT2D eigenvalue weighted by atomic mass is 10.0. The molecule has 0 heterocycles. The molecule has 7 nitrogen and oxygen atoms in total. The Hall–Kier alpha value is -2.71. The van der Waals surface area contributed by atoms with Crippen LogP contribution in [0.15, 0.2) is 53.4 Å². The highest BCUT2D eigenvalue weighted by atomic mass is 32.2. The van der Waals surface area contributed by atoms with Crippen LogP contribution in [0.5, 0.6) is 0 Å². The van der Waals surface area contributed by atoms with E-state index in [9.17, 15) is 18.0 Å². The molecule has 0 aliphatic carbocycles. The number of nitrogens with zero attached hydrogens (tertiary/aromatic N) is 1. The van der Waals surface area contributed by atoms with Gasteiger partial charge in [0.15, 0.2) is 0 Å². The third-order valence-corrected chi connectivity index (χ3v) is 6.59. The average molecular weight is 460 g/mol. The van der Waals surface area contributed by atoms with Gasteiger partial charge in [-0.2, -0.15) is 4.72 Å². The first kappa shape index (κ1) is 25.5. The molecular formula is C24H33N3O4S. The van der Waals surface area contributed by atoms with Crippen LogP contribution in [0.4, 0.5) is 5.69 Å². The predicted molar refractivity (Wildman–Crippen MR) is 127 cm³/mol. The van der Waals surface area contributed by atoms with E-state index in [0.717, 1.165) is 5.56 Å². The molecule has 174 valence electrons. The summed E-state index contributed by atoms with van der Waals surface area (Å²) in [5.41, 5.74) is 1.98. The number of anilines is 1. The zero-order valence-electron chi connectivity index (χ0n) is 19.4. The first-order valence-corrected chi connectivity index (χ1v) is 12.3. The number of aryl methyl sites for hydroxylation is 1. The SMILES string of the molecule is CCN(CC)C(=O)c1ccc(NC(=O)[C@@H](CC(C)C)NS(=O)(=O)c2ccc(C)cc2)cc1. The number of carbonyl (C=O) groups excluding carboxylic acids is 2. The Bertz CT molecular complexity index is 1010. The van der Waals surface area contributed by atoms with Crippen LogP contribution in [0.3, 0.4) is 0 Å². The molecule has 1 atom stereocenters. The maximum atomic E-state index is 12.9. The molecule has 2 N–H and O–H groups in total. The summed E-state index contributed by atoms with van der Waals surface area (Å²) < 4.78 is 28.1. The molecule has 0 aliphatic heterocycles. The zero-order chi connectivity index (χ0) is 23.9. The summed E-state index contributed by atoms with van der Waals surface area (Å²) in [7, 11) is -3.85. The summed E-state index contributed by atoms with van der Waals surface area (Å²) in [6.07, 6.45) is 0.343. The smallest absolute Gasteiger partial charge is 0.253 e. The van der Waals surface area contributed by atoms with Crippen LogP contribution in [-0.2, 0) is 14.8 Å². The van der Waals surface area contributed by atoms with Gasteiger partial charge in [-0.15, -0.1) is 0 Å². The number of nitrogens with one attached hydrogen (secondary N) is 2. The van der Waals surface area contributed by atoms with Crippen molar-refractivity contribution in [2.24, 2.45) is 5.92 Å². The number of hydrogen-bond donors (Lipinski definition) is 2. The maximum absolute atomic E-state index is 12.9. The van der Waals surface area contributed by atoms with E-state index < -0.39 is 22.0 Å². The Kier molecular flexibility index (Phi) is 8.98. The molecule has 0 bridgehead atoms. The van der Waals surface area contributed by atoms with E-state index in [4.69, 9.17) is 0 Å². The van der Waals surface area contributed by atoms with Crippen molar-refractivity contribution in [1.82, 2.24) is 9.62 Å². The van der Waals surface area contributed by atoms with E-state index in [-0.39, 0.29) is 16.7 Å². The summed E-state index contributed by atoms with van der Waals surface area (Å²) in [5, 5.41) is 2.76. The minimum atomic E-state index is -3.85. The topological polar surface area (TPSA) is 95.6 Å². The fraction of sp³-hybridized carbons (Fsp3) is 0.417. The van der Waals surface area contributed by atoms with E-state index in [1.165, 1.54) is 12.1 Å².